The van der Waals surface area contributed by atoms with Crippen molar-refractivity contribution >= 4 is 31.6 Å². The highest BCUT2D eigenvalue weighted by molar-refractivity contribution is 7.94. The quantitative estimate of drug-likeness (QED) is 0.847. The van der Waals surface area contributed by atoms with Gasteiger partial charge in [-0.2, -0.15) is 0 Å². The lowest BCUT2D eigenvalue weighted by molar-refractivity contribution is -0.123. The van der Waals surface area contributed by atoms with Crippen molar-refractivity contribution in [1.82, 2.24) is 4.72 Å². The maximum atomic E-state index is 12.3. The first-order valence-corrected chi connectivity index (χ1v) is 10.3. The number of carbonyl (C=O) groups excluding carboxylic acids is 1. The minimum Gasteiger partial charge on any atom is -0.273 e. The Balaban J connectivity index is 2.36. The second-order valence-electron chi connectivity index (χ2n) is 6.10. The van der Waals surface area contributed by atoms with E-state index in [1.54, 1.807) is 13.8 Å². The monoisotopic (exact) mass is 360 g/mol. The van der Waals surface area contributed by atoms with E-state index in [0.29, 0.717) is 13.0 Å². The van der Waals surface area contributed by atoms with Gasteiger partial charge >= 0.3 is 0 Å². The second kappa shape index (κ2) is 5.88. The van der Waals surface area contributed by atoms with Crippen molar-refractivity contribution in [3.63, 3.8) is 0 Å². The number of anilines is 1. The highest BCUT2D eigenvalue weighted by atomic mass is 32.2. The smallest absolute Gasteiger partial charge is 0.247 e. The van der Waals surface area contributed by atoms with E-state index in [-0.39, 0.29) is 16.3 Å². The summed E-state index contributed by atoms with van der Waals surface area (Å²) in [6.45, 7) is 5.30. The van der Waals surface area contributed by atoms with Gasteiger partial charge < -0.3 is 0 Å². The van der Waals surface area contributed by atoms with E-state index in [9.17, 15) is 21.6 Å². The van der Waals surface area contributed by atoms with Crippen LogP contribution in [0.15, 0.2) is 29.2 Å². The molecule has 7 nitrogen and oxygen atoms in total. The number of amides is 1. The van der Waals surface area contributed by atoms with Crippen molar-refractivity contribution in [2.75, 3.05) is 16.6 Å². The van der Waals surface area contributed by atoms with Crippen LogP contribution in [0.25, 0.3) is 0 Å². The fraction of sp³-hybridized carbons (Fsp3) is 0.500. The lowest BCUT2D eigenvalue weighted by Gasteiger charge is -2.17. The standard InChI is InChI=1S/C14H20N2O5S2/c1-4-9-15-23(20,21)12-7-5-11(6-8-12)16-13(17)14(2,3)10-22(16,18)19/h5-8,15H,4,9-10H2,1-3H3. The van der Waals surface area contributed by atoms with Gasteiger partial charge in [0.05, 0.1) is 21.8 Å². The molecule has 1 N–H and O–H groups in total. The Labute approximate surface area is 136 Å². The molecule has 0 bridgehead atoms. The van der Waals surface area contributed by atoms with E-state index in [2.05, 4.69) is 4.72 Å². The van der Waals surface area contributed by atoms with Gasteiger partial charge in [-0.3, -0.25) is 4.79 Å². The van der Waals surface area contributed by atoms with Gasteiger partial charge in [-0.25, -0.2) is 25.9 Å². The van der Waals surface area contributed by atoms with E-state index in [1.165, 1.54) is 24.3 Å². The third-order valence-corrected chi connectivity index (χ3v) is 7.00. The predicted molar refractivity (Wildman–Crippen MR) is 87.0 cm³/mol. The summed E-state index contributed by atoms with van der Waals surface area (Å²) in [6.07, 6.45) is 0.660. The molecular formula is C14H20N2O5S2. The Hall–Kier alpha value is -1.45. The Kier molecular flexibility index (Phi) is 4.57. The van der Waals surface area contributed by atoms with Gasteiger partial charge in [0, 0.05) is 6.54 Å². The van der Waals surface area contributed by atoms with Gasteiger partial charge in [0.2, 0.25) is 26.0 Å². The average Bonchev–Trinajstić information content (AvgIpc) is 2.61. The maximum Gasteiger partial charge on any atom is 0.247 e. The number of hydrogen-bond donors (Lipinski definition) is 1. The summed E-state index contributed by atoms with van der Waals surface area (Å²) in [6, 6.07) is 5.25. The first-order valence-electron chi connectivity index (χ1n) is 7.18. The molecule has 0 aromatic heterocycles. The molecule has 0 aliphatic carbocycles. The number of nitrogens with one attached hydrogen (secondary N) is 1. The molecule has 0 atom stereocenters. The van der Waals surface area contributed by atoms with E-state index in [1.807, 2.05) is 6.92 Å². The molecule has 1 heterocycles. The molecule has 1 aliphatic heterocycles. The van der Waals surface area contributed by atoms with Crippen LogP contribution >= 0.6 is 0 Å². The summed E-state index contributed by atoms with van der Waals surface area (Å²) in [7, 11) is -7.37. The SMILES string of the molecule is CCCNS(=O)(=O)c1ccc(N2C(=O)C(C)(C)CS2(=O)=O)cc1. The molecule has 1 amide bonds. The van der Waals surface area contributed by atoms with Crippen LogP contribution in [0, 0.1) is 5.41 Å². The molecule has 1 saturated heterocycles. The summed E-state index contributed by atoms with van der Waals surface area (Å²) in [5.74, 6) is -0.783. The van der Waals surface area contributed by atoms with Crippen LogP contribution in [0.4, 0.5) is 5.69 Å². The van der Waals surface area contributed by atoms with Crippen LogP contribution in [0.3, 0.4) is 0 Å². The molecule has 9 heteroatoms. The third kappa shape index (κ3) is 3.41. The number of hydrogen-bond acceptors (Lipinski definition) is 5. The van der Waals surface area contributed by atoms with E-state index < -0.39 is 31.4 Å². The summed E-state index contributed by atoms with van der Waals surface area (Å²) >= 11 is 0. The Bertz CT molecular complexity index is 811. The van der Waals surface area contributed by atoms with Crippen LogP contribution in [-0.2, 0) is 24.8 Å². The fourth-order valence-electron chi connectivity index (χ4n) is 2.34. The summed E-state index contributed by atoms with van der Waals surface area (Å²) < 4.78 is 51.6. The minimum absolute atomic E-state index is 0.0259. The Morgan fingerprint density at radius 2 is 1.78 bits per heavy atom. The molecule has 0 saturated carbocycles. The molecule has 1 fully saturated rings. The predicted octanol–water partition coefficient (Wildman–Crippen LogP) is 1.08. The van der Waals surface area contributed by atoms with Gasteiger partial charge in [-0.1, -0.05) is 6.92 Å². The molecule has 2 rings (SSSR count). The van der Waals surface area contributed by atoms with E-state index in [4.69, 9.17) is 0 Å². The summed E-state index contributed by atoms with van der Waals surface area (Å²) in [4.78, 5) is 12.3. The molecule has 0 spiro atoms. The molecule has 1 aliphatic rings. The zero-order valence-electron chi connectivity index (χ0n) is 13.2. The zero-order valence-corrected chi connectivity index (χ0v) is 14.9. The van der Waals surface area contributed by atoms with E-state index >= 15 is 0 Å². The Morgan fingerprint density at radius 3 is 2.22 bits per heavy atom. The van der Waals surface area contributed by atoms with E-state index in [0.717, 1.165) is 4.31 Å². The molecule has 1 aromatic carbocycles. The van der Waals surface area contributed by atoms with Crippen LogP contribution < -0.4 is 9.03 Å². The van der Waals surface area contributed by atoms with Gasteiger partial charge in [-0.15, -0.1) is 0 Å². The van der Waals surface area contributed by atoms with Crippen LogP contribution in [0.2, 0.25) is 0 Å². The fourth-order valence-corrected chi connectivity index (χ4v) is 5.58. The average molecular weight is 360 g/mol. The minimum atomic E-state index is -3.74. The van der Waals surface area contributed by atoms with Crippen molar-refractivity contribution in [1.29, 1.82) is 0 Å². The first-order chi connectivity index (χ1) is 10.5. The van der Waals surface area contributed by atoms with Crippen molar-refractivity contribution in [3.05, 3.63) is 24.3 Å². The highest BCUT2D eigenvalue weighted by Crippen LogP contribution is 2.35. The van der Waals surface area contributed by atoms with Crippen molar-refractivity contribution in [3.8, 4) is 0 Å². The molecule has 128 valence electrons. The van der Waals surface area contributed by atoms with Crippen LogP contribution in [0.1, 0.15) is 27.2 Å². The highest BCUT2D eigenvalue weighted by Gasteiger charge is 2.49. The number of sulfonamides is 2. The Morgan fingerprint density at radius 1 is 1.22 bits per heavy atom. The third-order valence-electron chi connectivity index (χ3n) is 3.51. The van der Waals surface area contributed by atoms with Gasteiger partial charge in [-0.05, 0) is 44.5 Å². The maximum absolute atomic E-state index is 12.3. The van der Waals surface area contributed by atoms with Gasteiger partial charge in [0.25, 0.3) is 0 Å². The topological polar surface area (TPSA) is 101 Å². The zero-order chi connectivity index (χ0) is 17.5. The lowest BCUT2D eigenvalue weighted by atomic mass is 9.95. The van der Waals surface area contributed by atoms with Crippen molar-refractivity contribution < 1.29 is 21.6 Å². The molecule has 0 unspecified atom stereocenters. The normalized spacial score (nSPS) is 20.0. The summed E-state index contributed by atoms with van der Waals surface area (Å²) in [5, 5.41) is 0. The number of nitrogens with zero attached hydrogens (tertiary/aromatic N) is 1. The van der Waals surface area contributed by atoms with Crippen molar-refractivity contribution in [2.24, 2.45) is 5.41 Å². The molecular weight excluding hydrogens is 340 g/mol. The molecule has 0 radical (unpaired) electrons. The summed E-state index contributed by atoms with van der Waals surface area (Å²) in [5.41, 5.74) is -0.846. The molecule has 1 aromatic rings. The van der Waals surface area contributed by atoms with Gasteiger partial charge in [0.1, 0.15) is 0 Å². The number of carbonyl (C=O) groups is 1. The van der Waals surface area contributed by atoms with Gasteiger partial charge in [0.15, 0.2) is 0 Å². The van der Waals surface area contributed by atoms with Crippen LogP contribution in [-0.4, -0.2) is 35.0 Å². The van der Waals surface area contributed by atoms with Crippen molar-refractivity contribution in [2.45, 2.75) is 32.1 Å². The number of rotatable bonds is 5. The van der Waals surface area contributed by atoms with Crippen LogP contribution in [0.5, 0.6) is 0 Å². The largest absolute Gasteiger partial charge is 0.273 e. The number of benzene rings is 1. The first kappa shape index (κ1) is 17.9. The lowest BCUT2D eigenvalue weighted by Crippen LogP contribution is -2.33. The molecule has 23 heavy (non-hydrogen) atoms. The second-order valence-corrected chi connectivity index (χ2v) is 9.69.